The van der Waals surface area contributed by atoms with Gasteiger partial charge in [0.1, 0.15) is 0 Å². The summed E-state index contributed by atoms with van der Waals surface area (Å²) in [5.41, 5.74) is 0. The monoisotopic (exact) mass is 542 g/mol. The van der Waals surface area contributed by atoms with Gasteiger partial charge in [-0.2, -0.15) is 0 Å². The second-order valence-electron chi connectivity index (χ2n) is 7.30. The lowest BCUT2D eigenvalue weighted by Crippen LogP contribution is -2.19. The Morgan fingerprint density at radius 2 is 0.595 bits per heavy atom. The molecule has 0 aliphatic rings. The van der Waals surface area contributed by atoms with Gasteiger partial charge in [0.05, 0.1) is 132 Å². The van der Waals surface area contributed by atoms with E-state index in [4.69, 9.17) is 47.4 Å². The van der Waals surface area contributed by atoms with Crippen molar-refractivity contribution in [1.82, 2.24) is 10.6 Å². The van der Waals surface area contributed by atoms with Crippen LogP contribution in [0.5, 0.6) is 0 Å². The van der Waals surface area contributed by atoms with Gasteiger partial charge in [0.25, 0.3) is 0 Å². The van der Waals surface area contributed by atoms with Gasteiger partial charge < -0.3 is 58.0 Å². The van der Waals surface area contributed by atoms with Gasteiger partial charge in [-0.1, -0.05) is 0 Å². The van der Waals surface area contributed by atoms with Gasteiger partial charge >= 0.3 is 0 Å². The number of likely N-dealkylation sites (N-methyl/N-ethyl adjacent to an activating group) is 1. The highest BCUT2D eigenvalue weighted by atomic mass is 16.6. The third-order valence-electron chi connectivity index (χ3n) is 4.32. The Morgan fingerprint density at radius 3 is 0.811 bits per heavy atom. The van der Waals surface area contributed by atoms with Crippen molar-refractivity contribution in [2.75, 3.05) is 152 Å². The van der Waals surface area contributed by atoms with E-state index in [1.54, 1.807) is 0 Å². The molecule has 0 saturated carbocycles. The molecule has 13 heteroatoms. The molecule has 0 unspecified atom stereocenters. The maximum Gasteiger partial charge on any atom is 0.207 e. The predicted molar refractivity (Wildman–Crippen MR) is 136 cm³/mol. The number of hydrogen-bond acceptors (Lipinski definition) is 12. The summed E-state index contributed by atoms with van der Waals surface area (Å²) in [6, 6.07) is 0. The van der Waals surface area contributed by atoms with Crippen LogP contribution in [-0.4, -0.2) is 159 Å². The lowest BCUT2D eigenvalue weighted by Gasteiger charge is -2.09. The lowest BCUT2D eigenvalue weighted by atomic mass is 10.6. The molecule has 0 aromatic carbocycles. The largest absolute Gasteiger partial charge is 0.378 e. The molecule has 0 aromatic rings. The second kappa shape index (κ2) is 35.0. The fraction of sp³-hybridized carbons (Fsp3) is 0.958. The van der Waals surface area contributed by atoms with Crippen LogP contribution in [0.3, 0.4) is 0 Å². The van der Waals surface area contributed by atoms with Crippen LogP contribution in [0.15, 0.2) is 0 Å². The van der Waals surface area contributed by atoms with Gasteiger partial charge in [0.2, 0.25) is 6.41 Å². The third kappa shape index (κ3) is 35.0. The molecule has 0 aromatic heterocycles. The van der Waals surface area contributed by atoms with E-state index in [1.807, 2.05) is 7.05 Å². The molecule has 0 aliphatic heterocycles. The maximum absolute atomic E-state index is 10.0. The quantitative estimate of drug-likeness (QED) is 0.0772. The van der Waals surface area contributed by atoms with Gasteiger partial charge in [0.15, 0.2) is 0 Å². The van der Waals surface area contributed by atoms with Gasteiger partial charge in [-0.3, -0.25) is 4.79 Å². The molecule has 0 aliphatic carbocycles. The molecular weight excluding hydrogens is 492 g/mol. The average Bonchev–Trinajstić information content (AvgIpc) is 2.91. The minimum absolute atomic E-state index is 0.477. The standard InChI is InChI=1S/C24H50N2O11/c1-25-2-4-28-6-8-30-10-12-32-14-16-34-18-20-36-22-23-37-21-19-35-17-15-33-13-11-31-9-7-29-5-3-26-24-27/h24-25H,2-23H2,1H3,(H,26,27). The second-order valence-corrected chi connectivity index (χ2v) is 7.30. The minimum Gasteiger partial charge on any atom is -0.378 e. The number of rotatable bonds is 34. The number of hydrogen-bond donors (Lipinski definition) is 2. The number of carbonyl (C=O) groups excluding carboxylic acids is 1. The molecule has 0 bridgehead atoms. The van der Waals surface area contributed by atoms with E-state index in [0.717, 1.165) is 6.54 Å². The van der Waals surface area contributed by atoms with Crippen LogP contribution >= 0.6 is 0 Å². The highest BCUT2D eigenvalue weighted by Crippen LogP contribution is 1.86. The summed E-state index contributed by atoms with van der Waals surface area (Å²) >= 11 is 0. The molecule has 0 rings (SSSR count). The van der Waals surface area contributed by atoms with Crippen molar-refractivity contribution in [3.63, 3.8) is 0 Å². The van der Waals surface area contributed by atoms with Gasteiger partial charge in [-0.15, -0.1) is 0 Å². The van der Waals surface area contributed by atoms with E-state index >= 15 is 0 Å². The van der Waals surface area contributed by atoms with Crippen molar-refractivity contribution in [2.24, 2.45) is 0 Å². The van der Waals surface area contributed by atoms with Crippen LogP contribution in [-0.2, 0) is 52.2 Å². The summed E-state index contributed by atoms with van der Waals surface area (Å²) in [5, 5.41) is 5.53. The van der Waals surface area contributed by atoms with Gasteiger partial charge in [0, 0.05) is 13.1 Å². The topological polar surface area (TPSA) is 133 Å². The normalized spacial score (nSPS) is 11.3. The minimum atomic E-state index is 0.477. The van der Waals surface area contributed by atoms with Crippen LogP contribution in [0, 0.1) is 0 Å². The molecule has 1 amide bonds. The van der Waals surface area contributed by atoms with Crippen LogP contribution in [0.4, 0.5) is 0 Å². The Morgan fingerprint density at radius 1 is 0.378 bits per heavy atom. The highest BCUT2D eigenvalue weighted by Gasteiger charge is 1.96. The predicted octanol–water partition coefficient (Wildman–Crippen LogP) is -0.882. The van der Waals surface area contributed by atoms with E-state index in [-0.39, 0.29) is 0 Å². The SMILES string of the molecule is CNCCOCCOCCOCCOCCOCCOCCOCCOCCOCCOCCNC=O. The molecule has 0 heterocycles. The first-order chi connectivity index (χ1) is 18.4. The summed E-state index contributed by atoms with van der Waals surface area (Å²) in [5.74, 6) is 0. The zero-order chi connectivity index (χ0) is 26.7. The Hall–Kier alpha value is -0.970. The summed E-state index contributed by atoms with van der Waals surface area (Å²) in [6.45, 7) is 11.9. The van der Waals surface area contributed by atoms with Crippen molar-refractivity contribution in [3.8, 4) is 0 Å². The fourth-order valence-corrected chi connectivity index (χ4v) is 2.45. The third-order valence-corrected chi connectivity index (χ3v) is 4.32. The van der Waals surface area contributed by atoms with Crippen LogP contribution < -0.4 is 10.6 Å². The molecular formula is C24H50N2O11. The van der Waals surface area contributed by atoms with Crippen molar-refractivity contribution < 1.29 is 52.2 Å². The highest BCUT2D eigenvalue weighted by molar-refractivity contribution is 5.45. The summed E-state index contributed by atoms with van der Waals surface area (Å²) in [6.07, 6.45) is 0.647. The van der Waals surface area contributed by atoms with E-state index in [9.17, 15) is 4.79 Å². The molecule has 37 heavy (non-hydrogen) atoms. The molecule has 0 fully saturated rings. The van der Waals surface area contributed by atoms with E-state index in [0.29, 0.717) is 145 Å². The Bertz CT molecular complexity index is 426. The van der Waals surface area contributed by atoms with Crippen molar-refractivity contribution >= 4 is 6.41 Å². The number of nitrogens with one attached hydrogen (secondary N) is 2. The van der Waals surface area contributed by atoms with Crippen molar-refractivity contribution in [3.05, 3.63) is 0 Å². The van der Waals surface area contributed by atoms with Crippen molar-refractivity contribution in [1.29, 1.82) is 0 Å². The zero-order valence-corrected chi connectivity index (χ0v) is 22.6. The zero-order valence-electron chi connectivity index (χ0n) is 22.6. The van der Waals surface area contributed by atoms with E-state index in [1.165, 1.54) is 0 Å². The van der Waals surface area contributed by atoms with Crippen LogP contribution in [0.1, 0.15) is 0 Å². The maximum atomic E-state index is 10.0. The molecule has 222 valence electrons. The first-order valence-electron chi connectivity index (χ1n) is 13.0. The lowest BCUT2D eigenvalue weighted by molar-refractivity contribution is -0.109. The summed E-state index contributed by atoms with van der Waals surface area (Å²) in [4.78, 5) is 10.0. The molecule has 0 atom stereocenters. The van der Waals surface area contributed by atoms with Crippen LogP contribution in [0.2, 0.25) is 0 Å². The average molecular weight is 543 g/mol. The Labute approximate surface area is 222 Å². The van der Waals surface area contributed by atoms with Crippen molar-refractivity contribution in [2.45, 2.75) is 0 Å². The van der Waals surface area contributed by atoms with Gasteiger partial charge in [-0.25, -0.2) is 0 Å². The number of amides is 1. The Balaban J connectivity index is 3.01. The molecule has 13 nitrogen and oxygen atoms in total. The first-order valence-corrected chi connectivity index (χ1v) is 13.0. The summed E-state index contributed by atoms with van der Waals surface area (Å²) in [7, 11) is 1.89. The number of ether oxygens (including phenoxy) is 10. The first kappa shape index (κ1) is 36.0. The smallest absolute Gasteiger partial charge is 0.207 e. The molecule has 2 N–H and O–H groups in total. The van der Waals surface area contributed by atoms with E-state index in [2.05, 4.69) is 10.6 Å². The molecule has 0 spiro atoms. The molecule has 0 saturated heterocycles. The van der Waals surface area contributed by atoms with Crippen LogP contribution in [0.25, 0.3) is 0 Å². The van der Waals surface area contributed by atoms with Gasteiger partial charge in [-0.05, 0) is 7.05 Å². The number of carbonyl (C=O) groups is 1. The summed E-state index contributed by atoms with van der Waals surface area (Å²) < 4.78 is 54.0. The fourth-order valence-electron chi connectivity index (χ4n) is 2.45. The Kier molecular flexibility index (Phi) is 34.1. The van der Waals surface area contributed by atoms with E-state index < -0.39 is 0 Å². The molecule has 0 radical (unpaired) electrons.